The average Bonchev–Trinajstić information content (AvgIpc) is 2.83. The molecule has 0 aromatic heterocycles. The molecule has 1 amide bonds. The minimum Gasteiger partial charge on any atom is -0.443 e. The van der Waals surface area contributed by atoms with E-state index in [-0.39, 0.29) is 12.1 Å². The first kappa shape index (κ1) is 12.6. The van der Waals surface area contributed by atoms with Crippen LogP contribution in [0.2, 0.25) is 0 Å². The second kappa shape index (κ2) is 4.12. The molecule has 2 heterocycles. The quantitative estimate of drug-likeness (QED) is 0.324. The summed E-state index contributed by atoms with van der Waals surface area (Å²) >= 11 is 0. The Hall–Kier alpha value is -0.850. The van der Waals surface area contributed by atoms with E-state index in [0.29, 0.717) is 12.6 Å². The van der Waals surface area contributed by atoms with E-state index in [4.69, 9.17) is 15.3 Å². The van der Waals surface area contributed by atoms with Crippen LogP contribution in [0.4, 0.5) is 4.79 Å². The molecule has 0 radical (unpaired) electrons. The summed E-state index contributed by atoms with van der Waals surface area (Å²) in [7, 11) is 2.02. The van der Waals surface area contributed by atoms with Crippen LogP contribution in [0.3, 0.4) is 0 Å². The van der Waals surface area contributed by atoms with Gasteiger partial charge in [0.1, 0.15) is 11.7 Å². The lowest BCUT2D eigenvalue weighted by Gasteiger charge is -2.28. The van der Waals surface area contributed by atoms with Gasteiger partial charge in [0, 0.05) is 6.54 Å². The van der Waals surface area contributed by atoms with Crippen LogP contribution >= 0.6 is 0 Å². The molecule has 3 unspecified atom stereocenters. The Labute approximate surface area is 102 Å². The van der Waals surface area contributed by atoms with Crippen molar-refractivity contribution in [2.45, 2.75) is 44.6 Å². The Morgan fingerprint density at radius 1 is 1.59 bits per heavy atom. The number of carbonyl (C=O) groups excluding carboxylic acids is 1. The number of epoxide rings is 1. The molecular weight excluding hydrogens is 222 g/mol. The molecular formula is C11H21N3O3. The highest BCUT2D eigenvalue weighted by molar-refractivity contribution is 5.67. The number of morpholine rings is 1. The number of likely N-dealkylation sites (N-methyl/N-ethyl adjacent to an activating group) is 1. The Kier molecular flexibility index (Phi) is 3.05. The van der Waals surface area contributed by atoms with Gasteiger partial charge in [-0.2, -0.15) is 0 Å². The van der Waals surface area contributed by atoms with E-state index in [2.05, 4.69) is 4.90 Å². The molecule has 17 heavy (non-hydrogen) atoms. The summed E-state index contributed by atoms with van der Waals surface area (Å²) in [6, 6.07) is 0.178. The van der Waals surface area contributed by atoms with Crippen molar-refractivity contribution in [3.8, 4) is 0 Å². The van der Waals surface area contributed by atoms with Crippen molar-refractivity contribution < 1.29 is 14.3 Å². The number of rotatable bonds is 2. The topological polar surface area (TPSA) is 71.3 Å². The van der Waals surface area contributed by atoms with E-state index >= 15 is 0 Å². The fourth-order valence-electron chi connectivity index (χ4n) is 2.15. The maximum Gasteiger partial charge on any atom is 0.424 e. The monoisotopic (exact) mass is 243 g/mol. The maximum atomic E-state index is 11.7. The summed E-state index contributed by atoms with van der Waals surface area (Å²) in [5.74, 6) is 5.72. The van der Waals surface area contributed by atoms with Crippen molar-refractivity contribution >= 4 is 6.09 Å². The third kappa shape index (κ3) is 2.88. The third-order valence-corrected chi connectivity index (χ3v) is 3.05. The van der Waals surface area contributed by atoms with E-state index in [1.54, 1.807) is 0 Å². The van der Waals surface area contributed by atoms with Gasteiger partial charge in [-0.05, 0) is 27.8 Å². The lowest BCUT2D eigenvalue weighted by atomic mass is 10.2. The number of hydrogen-bond acceptors (Lipinski definition) is 5. The van der Waals surface area contributed by atoms with Crippen LogP contribution in [0.15, 0.2) is 0 Å². The molecule has 2 N–H and O–H groups in total. The SMILES string of the molecule is CN1CC2OC2C1CN(N)C(=O)OC(C)(C)C. The van der Waals surface area contributed by atoms with E-state index in [9.17, 15) is 4.79 Å². The molecule has 98 valence electrons. The minimum absolute atomic E-state index is 0.178. The average molecular weight is 243 g/mol. The molecule has 2 aliphatic heterocycles. The van der Waals surface area contributed by atoms with Crippen molar-refractivity contribution in [1.29, 1.82) is 0 Å². The van der Waals surface area contributed by atoms with Crippen molar-refractivity contribution in [2.24, 2.45) is 5.84 Å². The van der Waals surface area contributed by atoms with E-state index < -0.39 is 11.7 Å². The van der Waals surface area contributed by atoms with Gasteiger partial charge in [0.15, 0.2) is 0 Å². The summed E-state index contributed by atoms with van der Waals surface area (Å²) in [6.07, 6.45) is 0.0699. The molecule has 2 aliphatic rings. The second-order valence-electron chi connectivity index (χ2n) is 5.78. The number of likely N-dealkylation sites (tertiary alicyclic amines) is 1. The van der Waals surface area contributed by atoms with Crippen molar-refractivity contribution in [2.75, 3.05) is 20.1 Å². The lowest BCUT2D eigenvalue weighted by molar-refractivity contribution is 0.0181. The number of ether oxygens (including phenoxy) is 2. The number of nitrogens with zero attached hydrogens (tertiary/aromatic N) is 2. The molecule has 2 saturated heterocycles. The van der Waals surface area contributed by atoms with Crippen molar-refractivity contribution in [3.05, 3.63) is 0 Å². The predicted molar refractivity (Wildman–Crippen MR) is 62.2 cm³/mol. The molecule has 0 saturated carbocycles. The summed E-state index contributed by atoms with van der Waals surface area (Å²) in [5, 5.41) is 1.14. The minimum atomic E-state index is -0.519. The van der Waals surface area contributed by atoms with Crippen LogP contribution in [0.25, 0.3) is 0 Å². The van der Waals surface area contributed by atoms with Gasteiger partial charge in [-0.3, -0.25) is 4.90 Å². The molecule has 6 nitrogen and oxygen atoms in total. The number of fused-ring (bicyclic) bond motifs is 1. The van der Waals surface area contributed by atoms with Crippen LogP contribution in [0.5, 0.6) is 0 Å². The highest BCUT2D eigenvalue weighted by atomic mass is 16.6. The third-order valence-electron chi connectivity index (χ3n) is 3.05. The highest BCUT2D eigenvalue weighted by Crippen LogP contribution is 2.35. The van der Waals surface area contributed by atoms with Crippen LogP contribution in [0.1, 0.15) is 20.8 Å². The van der Waals surface area contributed by atoms with Gasteiger partial charge in [0.05, 0.1) is 18.7 Å². The van der Waals surface area contributed by atoms with Crippen LogP contribution in [-0.4, -0.2) is 60.0 Å². The fraction of sp³-hybridized carbons (Fsp3) is 0.909. The zero-order valence-electron chi connectivity index (χ0n) is 10.8. The summed E-state index contributed by atoms with van der Waals surface area (Å²) in [6.45, 7) is 6.81. The Morgan fingerprint density at radius 2 is 2.24 bits per heavy atom. The zero-order chi connectivity index (χ0) is 12.8. The number of carbonyl (C=O) groups is 1. The van der Waals surface area contributed by atoms with E-state index in [1.165, 1.54) is 0 Å². The van der Waals surface area contributed by atoms with Crippen molar-refractivity contribution in [1.82, 2.24) is 9.91 Å². The molecule has 0 aromatic carbocycles. The van der Waals surface area contributed by atoms with Crippen LogP contribution in [-0.2, 0) is 9.47 Å². The molecule has 0 spiro atoms. The number of hydrazine groups is 1. The maximum absolute atomic E-state index is 11.7. The first-order chi connectivity index (χ1) is 7.78. The Bertz CT molecular complexity index is 314. The number of nitrogens with two attached hydrogens (primary N) is 1. The number of hydrogen-bond donors (Lipinski definition) is 1. The summed E-state index contributed by atoms with van der Waals surface area (Å²) < 4.78 is 10.6. The number of amides is 1. The molecule has 3 atom stereocenters. The summed E-state index contributed by atoms with van der Waals surface area (Å²) in [5.41, 5.74) is -0.519. The second-order valence-corrected chi connectivity index (χ2v) is 5.78. The van der Waals surface area contributed by atoms with E-state index in [0.717, 1.165) is 11.6 Å². The largest absolute Gasteiger partial charge is 0.443 e. The van der Waals surface area contributed by atoms with Gasteiger partial charge < -0.3 is 9.47 Å². The lowest BCUT2D eigenvalue weighted by Crippen LogP contribution is -2.49. The van der Waals surface area contributed by atoms with Crippen LogP contribution < -0.4 is 5.84 Å². The molecule has 6 heteroatoms. The molecule has 0 aliphatic carbocycles. The normalized spacial score (nSPS) is 32.2. The van der Waals surface area contributed by atoms with Gasteiger partial charge >= 0.3 is 6.09 Å². The van der Waals surface area contributed by atoms with Gasteiger partial charge in [-0.1, -0.05) is 0 Å². The predicted octanol–water partition coefficient (Wildman–Crippen LogP) is 0.179. The zero-order valence-corrected chi connectivity index (χ0v) is 10.8. The highest BCUT2D eigenvalue weighted by Gasteiger charge is 2.53. The first-order valence-electron chi connectivity index (χ1n) is 5.89. The molecule has 0 bridgehead atoms. The van der Waals surface area contributed by atoms with Crippen molar-refractivity contribution in [3.63, 3.8) is 0 Å². The Morgan fingerprint density at radius 3 is 2.71 bits per heavy atom. The van der Waals surface area contributed by atoms with E-state index in [1.807, 2.05) is 27.8 Å². The fourth-order valence-corrected chi connectivity index (χ4v) is 2.15. The summed E-state index contributed by atoms with van der Waals surface area (Å²) in [4.78, 5) is 13.9. The van der Waals surface area contributed by atoms with Gasteiger partial charge in [0.25, 0.3) is 0 Å². The smallest absolute Gasteiger partial charge is 0.424 e. The molecule has 2 fully saturated rings. The standard InChI is InChI=1S/C11H21N3O3/c1-11(2,3)17-10(15)14(12)5-7-9-8(16-9)6-13(7)4/h7-9H,5-6,12H2,1-4H3. The van der Waals surface area contributed by atoms with Gasteiger partial charge in [0.2, 0.25) is 0 Å². The first-order valence-corrected chi connectivity index (χ1v) is 5.89. The Balaban J connectivity index is 1.84. The molecule has 0 aromatic rings. The van der Waals surface area contributed by atoms with Gasteiger partial charge in [-0.25, -0.2) is 15.6 Å². The molecule has 2 rings (SSSR count). The van der Waals surface area contributed by atoms with Gasteiger partial charge in [-0.15, -0.1) is 0 Å². The van der Waals surface area contributed by atoms with Crippen LogP contribution in [0, 0.1) is 0 Å².